The SMILES string of the molecule is Cn1ccc(C(=O)NCCCn2cccn2)cc1=O. The number of nitrogens with zero attached hydrogens (tertiary/aromatic N) is 3. The summed E-state index contributed by atoms with van der Waals surface area (Å²) in [5.41, 5.74) is 0.200. The largest absolute Gasteiger partial charge is 0.352 e. The highest BCUT2D eigenvalue weighted by Crippen LogP contribution is 1.94. The van der Waals surface area contributed by atoms with Crippen LogP contribution >= 0.6 is 0 Å². The summed E-state index contributed by atoms with van der Waals surface area (Å²) in [6, 6.07) is 4.82. The van der Waals surface area contributed by atoms with E-state index in [9.17, 15) is 9.59 Å². The molecule has 0 spiro atoms. The van der Waals surface area contributed by atoms with Crippen LogP contribution in [-0.2, 0) is 13.6 Å². The van der Waals surface area contributed by atoms with E-state index in [0.717, 1.165) is 13.0 Å². The van der Waals surface area contributed by atoms with E-state index < -0.39 is 0 Å². The highest BCUT2D eigenvalue weighted by atomic mass is 16.2. The molecule has 2 heterocycles. The van der Waals surface area contributed by atoms with Gasteiger partial charge in [0.2, 0.25) is 0 Å². The molecule has 0 atom stereocenters. The van der Waals surface area contributed by atoms with Crippen LogP contribution in [0.4, 0.5) is 0 Å². The molecule has 1 N–H and O–H groups in total. The maximum Gasteiger partial charge on any atom is 0.251 e. The maximum absolute atomic E-state index is 11.8. The van der Waals surface area contributed by atoms with E-state index in [2.05, 4.69) is 10.4 Å². The quantitative estimate of drug-likeness (QED) is 0.791. The first kappa shape index (κ1) is 13.1. The van der Waals surface area contributed by atoms with E-state index in [0.29, 0.717) is 12.1 Å². The molecule has 2 rings (SSSR count). The second-order valence-corrected chi connectivity index (χ2v) is 4.24. The Morgan fingerprint density at radius 2 is 2.26 bits per heavy atom. The molecule has 0 aliphatic heterocycles. The number of nitrogens with one attached hydrogen (secondary N) is 1. The molecule has 0 radical (unpaired) electrons. The summed E-state index contributed by atoms with van der Waals surface area (Å²) in [4.78, 5) is 23.2. The van der Waals surface area contributed by atoms with Gasteiger partial charge in [-0.05, 0) is 18.6 Å². The third kappa shape index (κ3) is 3.54. The van der Waals surface area contributed by atoms with E-state index >= 15 is 0 Å². The summed E-state index contributed by atoms with van der Waals surface area (Å²) in [5, 5.41) is 6.85. The van der Waals surface area contributed by atoms with Crippen molar-refractivity contribution in [3.8, 4) is 0 Å². The van der Waals surface area contributed by atoms with Gasteiger partial charge in [-0.15, -0.1) is 0 Å². The predicted molar refractivity (Wildman–Crippen MR) is 70.9 cm³/mol. The molecule has 0 aromatic carbocycles. The van der Waals surface area contributed by atoms with Crippen LogP contribution in [0.25, 0.3) is 0 Å². The summed E-state index contributed by atoms with van der Waals surface area (Å²) in [6.07, 6.45) is 5.97. The Morgan fingerprint density at radius 1 is 1.42 bits per heavy atom. The van der Waals surface area contributed by atoms with Crippen LogP contribution in [0.2, 0.25) is 0 Å². The van der Waals surface area contributed by atoms with Gasteiger partial charge >= 0.3 is 0 Å². The van der Waals surface area contributed by atoms with Crippen molar-refractivity contribution in [2.45, 2.75) is 13.0 Å². The molecule has 0 unspecified atom stereocenters. The van der Waals surface area contributed by atoms with Crippen molar-refractivity contribution in [1.29, 1.82) is 0 Å². The first-order valence-electron chi connectivity index (χ1n) is 6.09. The van der Waals surface area contributed by atoms with Gasteiger partial charge in [-0.3, -0.25) is 14.3 Å². The van der Waals surface area contributed by atoms with Gasteiger partial charge in [0, 0.05) is 50.4 Å². The highest BCUT2D eigenvalue weighted by molar-refractivity contribution is 5.93. The second kappa shape index (κ2) is 5.99. The Morgan fingerprint density at radius 3 is 2.95 bits per heavy atom. The number of carbonyl (C=O) groups excluding carboxylic acids is 1. The molecule has 2 aromatic rings. The molecule has 2 aromatic heterocycles. The second-order valence-electron chi connectivity index (χ2n) is 4.24. The van der Waals surface area contributed by atoms with Crippen molar-refractivity contribution in [3.63, 3.8) is 0 Å². The predicted octanol–water partition coefficient (Wildman–Crippen LogP) is 0.402. The molecule has 0 saturated carbocycles. The Balaban J connectivity index is 1.81. The standard InChI is InChI=1S/C13H16N4O2/c1-16-9-4-11(10-12(16)18)13(19)14-5-2-7-17-8-3-6-15-17/h3-4,6,8-10H,2,5,7H2,1H3,(H,14,19). The van der Waals surface area contributed by atoms with Gasteiger partial charge in [0.25, 0.3) is 11.5 Å². The van der Waals surface area contributed by atoms with Crippen molar-refractivity contribution in [3.05, 3.63) is 52.7 Å². The number of hydrogen-bond acceptors (Lipinski definition) is 3. The van der Waals surface area contributed by atoms with Gasteiger partial charge in [-0.1, -0.05) is 0 Å². The van der Waals surface area contributed by atoms with Crippen LogP contribution < -0.4 is 10.9 Å². The number of aromatic nitrogens is 3. The van der Waals surface area contributed by atoms with E-state index in [1.807, 2.05) is 16.9 Å². The van der Waals surface area contributed by atoms with Crippen molar-refractivity contribution < 1.29 is 4.79 Å². The summed E-state index contributed by atoms with van der Waals surface area (Å²) >= 11 is 0. The zero-order valence-electron chi connectivity index (χ0n) is 10.7. The smallest absolute Gasteiger partial charge is 0.251 e. The minimum Gasteiger partial charge on any atom is -0.352 e. The maximum atomic E-state index is 11.8. The number of amides is 1. The van der Waals surface area contributed by atoms with Crippen LogP contribution in [0.1, 0.15) is 16.8 Å². The van der Waals surface area contributed by atoms with Crippen LogP contribution in [0.15, 0.2) is 41.6 Å². The third-order valence-corrected chi connectivity index (χ3v) is 2.78. The lowest BCUT2D eigenvalue weighted by molar-refractivity contribution is 0.0952. The van der Waals surface area contributed by atoms with Gasteiger partial charge < -0.3 is 9.88 Å². The normalized spacial score (nSPS) is 10.4. The number of aryl methyl sites for hydroxylation is 2. The van der Waals surface area contributed by atoms with Crippen LogP contribution in [0, 0.1) is 0 Å². The zero-order chi connectivity index (χ0) is 13.7. The minimum atomic E-state index is -0.224. The Kier molecular flexibility index (Phi) is 4.12. The molecule has 1 amide bonds. The molecule has 0 aliphatic carbocycles. The average molecular weight is 260 g/mol. The van der Waals surface area contributed by atoms with E-state index in [1.165, 1.54) is 10.6 Å². The van der Waals surface area contributed by atoms with Gasteiger partial charge in [-0.25, -0.2) is 0 Å². The lowest BCUT2D eigenvalue weighted by atomic mass is 10.2. The molecule has 6 heteroatoms. The van der Waals surface area contributed by atoms with Gasteiger partial charge in [-0.2, -0.15) is 5.10 Å². The number of rotatable bonds is 5. The Labute approximate surface area is 110 Å². The van der Waals surface area contributed by atoms with E-state index in [-0.39, 0.29) is 11.5 Å². The van der Waals surface area contributed by atoms with Gasteiger partial charge in [0.05, 0.1) is 0 Å². The summed E-state index contributed by atoms with van der Waals surface area (Å²) < 4.78 is 3.24. The highest BCUT2D eigenvalue weighted by Gasteiger charge is 2.05. The van der Waals surface area contributed by atoms with Gasteiger partial charge in [0.15, 0.2) is 0 Å². The van der Waals surface area contributed by atoms with Crippen molar-refractivity contribution in [2.24, 2.45) is 7.05 Å². The Hall–Kier alpha value is -2.37. The molecule has 0 aliphatic rings. The van der Waals surface area contributed by atoms with Crippen molar-refractivity contribution >= 4 is 5.91 Å². The molecule has 0 bridgehead atoms. The molecular weight excluding hydrogens is 244 g/mol. The monoisotopic (exact) mass is 260 g/mol. The first-order chi connectivity index (χ1) is 9.16. The van der Waals surface area contributed by atoms with Crippen molar-refractivity contribution in [2.75, 3.05) is 6.54 Å². The molecule has 19 heavy (non-hydrogen) atoms. The lowest BCUT2D eigenvalue weighted by Gasteiger charge is -2.06. The first-order valence-corrected chi connectivity index (χ1v) is 6.09. The number of carbonyl (C=O) groups is 1. The van der Waals surface area contributed by atoms with Crippen LogP contribution in [0.3, 0.4) is 0 Å². The summed E-state index contributed by atoms with van der Waals surface area (Å²) in [5.74, 6) is -0.224. The summed E-state index contributed by atoms with van der Waals surface area (Å²) in [6.45, 7) is 1.30. The summed E-state index contributed by atoms with van der Waals surface area (Å²) in [7, 11) is 1.65. The lowest BCUT2D eigenvalue weighted by Crippen LogP contribution is -2.27. The fraction of sp³-hybridized carbons (Fsp3) is 0.308. The third-order valence-electron chi connectivity index (χ3n) is 2.78. The zero-order valence-corrected chi connectivity index (χ0v) is 10.7. The molecular formula is C13H16N4O2. The molecule has 6 nitrogen and oxygen atoms in total. The minimum absolute atomic E-state index is 0.191. The number of hydrogen-bond donors (Lipinski definition) is 1. The van der Waals surface area contributed by atoms with E-state index in [1.54, 1.807) is 25.5 Å². The number of pyridine rings is 1. The fourth-order valence-corrected chi connectivity index (χ4v) is 1.67. The topological polar surface area (TPSA) is 68.9 Å². The fourth-order valence-electron chi connectivity index (χ4n) is 1.67. The Bertz CT molecular complexity index is 601. The van der Waals surface area contributed by atoms with Crippen LogP contribution in [0.5, 0.6) is 0 Å². The van der Waals surface area contributed by atoms with Crippen LogP contribution in [-0.4, -0.2) is 26.8 Å². The molecule has 0 saturated heterocycles. The molecule has 100 valence electrons. The molecule has 0 fully saturated rings. The van der Waals surface area contributed by atoms with Gasteiger partial charge in [0.1, 0.15) is 0 Å². The van der Waals surface area contributed by atoms with Crippen molar-refractivity contribution in [1.82, 2.24) is 19.7 Å². The average Bonchev–Trinajstić information content (AvgIpc) is 2.91. The van der Waals surface area contributed by atoms with E-state index in [4.69, 9.17) is 0 Å².